The van der Waals surface area contributed by atoms with Crippen molar-refractivity contribution in [3.63, 3.8) is 0 Å². The number of hydrogen-bond acceptors (Lipinski definition) is 3. The van der Waals surface area contributed by atoms with Crippen molar-refractivity contribution in [3.8, 4) is 0 Å². The third-order valence-electron chi connectivity index (χ3n) is 3.35. The van der Waals surface area contributed by atoms with Gasteiger partial charge in [-0.3, -0.25) is 11.3 Å². The fraction of sp³-hybridized carbons (Fsp3) is 0.571. The summed E-state index contributed by atoms with van der Waals surface area (Å²) in [5, 5.41) is 0. The van der Waals surface area contributed by atoms with Crippen LogP contribution in [0.4, 0.5) is 5.69 Å². The van der Waals surface area contributed by atoms with Crippen LogP contribution in [0.5, 0.6) is 0 Å². The second-order valence-corrected chi connectivity index (χ2v) is 4.95. The Kier molecular flexibility index (Phi) is 5.45. The highest BCUT2D eigenvalue weighted by molar-refractivity contribution is 5.46. The van der Waals surface area contributed by atoms with Gasteiger partial charge in [0.2, 0.25) is 0 Å². The van der Waals surface area contributed by atoms with Gasteiger partial charge in [-0.1, -0.05) is 32.4 Å². The minimum atomic E-state index is 0.251. The van der Waals surface area contributed by atoms with E-state index < -0.39 is 0 Å². The van der Waals surface area contributed by atoms with Crippen molar-refractivity contribution in [3.05, 3.63) is 29.8 Å². The summed E-state index contributed by atoms with van der Waals surface area (Å²) >= 11 is 0. The van der Waals surface area contributed by atoms with Crippen LogP contribution in [0.1, 0.15) is 38.3 Å². The van der Waals surface area contributed by atoms with Gasteiger partial charge in [0.25, 0.3) is 0 Å². The van der Waals surface area contributed by atoms with Crippen molar-refractivity contribution in [1.29, 1.82) is 0 Å². The molecule has 2 atom stereocenters. The van der Waals surface area contributed by atoms with E-state index in [1.54, 1.807) is 0 Å². The molecular weight excluding hydrogens is 210 g/mol. The summed E-state index contributed by atoms with van der Waals surface area (Å²) in [6.07, 6.45) is 2.27. The van der Waals surface area contributed by atoms with Crippen molar-refractivity contribution in [1.82, 2.24) is 5.43 Å². The van der Waals surface area contributed by atoms with E-state index >= 15 is 0 Å². The molecular formula is C14H25N3. The highest BCUT2D eigenvalue weighted by Gasteiger charge is 2.12. The van der Waals surface area contributed by atoms with Gasteiger partial charge in [-0.25, -0.2) is 0 Å². The first-order valence-electron chi connectivity index (χ1n) is 6.31. The summed E-state index contributed by atoms with van der Waals surface area (Å²) in [6.45, 7) is 4.48. The number of rotatable bonds is 6. The van der Waals surface area contributed by atoms with Gasteiger partial charge in [-0.2, -0.15) is 0 Å². The Bertz CT molecular complexity index is 319. The van der Waals surface area contributed by atoms with Gasteiger partial charge in [0.1, 0.15) is 0 Å². The minimum absolute atomic E-state index is 0.251. The molecule has 3 heteroatoms. The molecule has 0 fully saturated rings. The van der Waals surface area contributed by atoms with E-state index in [9.17, 15) is 0 Å². The van der Waals surface area contributed by atoms with Crippen LogP contribution < -0.4 is 16.2 Å². The number of nitrogens with one attached hydrogen (secondary N) is 1. The molecule has 1 rings (SSSR count). The zero-order valence-electron chi connectivity index (χ0n) is 11.4. The molecule has 0 radical (unpaired) electrons. The van der Waals surface area contributed by atoms with E-state index in [1.165, 1.54) is 17.7 Å². The van der Waals surface area contributed by atoms with Crippen LogP contribution in [0.25, 0.3) is 0 Å². The van der Waals surface area contributed by atoms with Crippen LogP contribution in [0.2, 0.25) is 0 Å². The molecule has 2 unspecified atom stereocenters. The van der Waals surface area contributed by atoms with Gasteiger partial charge in [0.05, 0.1) is 0 Å². The maximum Gasteiger partial charge on any atom is 0.0462 e. The van der Waals surface area contributed by atoms with Gasteiger partial charge >= 0.3 is 0 Å². The maximum absolute atomic E-state index is 5.65. The number of benzene rings is 1. The normalized spacial score (nSPS) is 14.4. The first-order chi connectivity index (χ1) is 8.08. The third kappa shape index (κ3) is 4.02. The van der Waals surface area contributed by atoms with Crippen LogP contribution in [0.3, 0.4) is 0 Å². The van der Waals surface area contributed by atoms with Gasteiger partial charge in [-0.05, 0) is 30.0 Å². The molecule has 0 saturated heterocycles. The summed E-state index contributed by atoms with van der Waals surface area (Å²) in [6, 6.07) is 8.83. The molecule has 0 heterocycles. The molecule has 0 aliphatic carbocycles. The Morgan fingerprint density at radius 3 is 2.24 bits per heavy atom. The quantitative estimate of drug-likeness (QED) is 0.588. The summed E-state index contributed by atoms with van der Waals surface area (Å²) in [5.41, 5.74) is 5.40. The topological polar surface area (TPSA) is 41.3 Å². The third-order valence-corrected chi connectivity index (χ3v) is 3.35. The first-order valence-corrected chi connectivity index (χ1v) is 6.31. The molecule has 17 heavy (non-hydrogen) atoms. The van der Waals surface area contributed by atoms with Gasteiger partial charge in [0.15, 0.2) is 0 Å². The molecule has 0 spiro atoms. The van der Waals surface area contributed by atoms with E-state index in [1.807, 2.05) is 14.1 Å². The minimum Gasteiger partial charge on any atom is -0.378 e. The van der Waals surface area contributed by atoms with Crippen molar-refractivity contribution >= 4 is 5.69 Å². The molecule has 3 N–H and O–H groups in total. The van der Waals surface area contributed by atoms with Crippen LogP contribution in [0, 0.1) is 5.92 Å². The smallest absolute Gasteiger partial charge is 0.0462 e. The lowest BCUT2D eigenvalue weighted by Crippen LogP contribution is -2.29. The van der Waals surface area contributed by atoms with Crippen molar-refractivity contribution in [2.75, 3.05) is 19.0 Å². The van der Waals surface area contributed by atoms with E-state index in [4.69, 9.17) is 5.84 Å². The average Bonchev–Trinajstić information content (AvgIpc) is 2.35. The summed E-state index contributed by atoms with van der Waals surface area (Å²) < 4.78 is 0. The lowest BCUT2D eigenvalue weighted by atomic mass is 9.94. The lowest BCUT2D eigenvalue weighted by molar-refractivity contribution is 0.408. The average molecular weight is 235 g/mol. The fourth-order valence-corrected chi connectivity index (χ4v) is 1.87. The Labute approximate surface area is 105 Å². The molecule has 3 nitrogen and oxygen atoms in total. The largest absolute Gasteiger partial charge is 0.378 e. The zero-order chi connectivity index (χ0) is 12.8. The first kappa shape index (κ1) is 14.0. The molecule has 0 aliphatic rings. The number of nitrogens with zero attached hydrogens (tertiary/aromatic N) is 1. The number of anilines is 1. The molecule has 0 saturated carbocycles. The number of hydrogen-bond donors (Lipinski definition) is 2. The van der Waals surface area contributed by atoms with Crippen LogP contribution in [-0.2, 0) is 0 Å². The lowest BCUT2D eigenvalue weighted by Gasteiger charge is -2.21. The molecule has 1 aromatic rings. The predicted octanol–water partition coefficient (Wildman–Crippen LogP) is 2.69. The Morgan fingerprint density at radius 1 is 1.24 bits per heavy atom. The Hall–Kier alpha value is -1.06. The zero-order valence-corrected chi connectivity index (χ0v) is 11.4. The summed E-state index contributed by atoms with van der Waals surface area (Å²) in [5.74, 6) is 6.33. The van der Waals surface area contributed by atoms with E-state index in [0.717, 1.165) is 6.42 Å². The SMILES string of the molecule is CCC(C)CC(NN)c1ccc(N(C)C)cc1. The van der Waals surface area contributed by atoms with Crippen molar-refractivity contribution < 1.29 is 0 Å². The Balaban J connectivity index is 2.75. The predicted molar refractivity (Wildman–Crippen MR) is 74.9 cm³/mol. The maximum atomic E-state index is 5.65. The van der Waals surface area contributed by atoms with Gasteiger partial charge < -0.3 is 4.90 Å². The van der Waals surface area contributed by atoms with Gasteiger partial charge in [-0.15, -0.1) is 0 Å². The Morgan fingerprint density at radius 2 is 1.82 bits per heavy atom. The molecule has 96 valence electrons. The number of nitrogens with two attached hydrogens (primary N) is 1. The van der Waals surface area contributed by atoms with Crippen molar-refractivity contribution in [2.24, 2.45) is 11.8 Å². The summed E-state index contributed by atoms with van der Waals surface area (Å²) in [7, 11) is 4.10. The van der Waals surface area contributed by atoms with Gasteiger partial charge in [0, 0.05) is 25.8 Å². The second-order valence-electron chi connectivity index (χ2n) is 4.95. The fourth-order valence-electron chi connectivity index (χ4n) is 1.87. The second kappa shape index (κ2) is 6.62. The molecule has 0 aliphatic heterocycles. The molecule has 0 aromatic heterocycles. The highest BCUT2D eigenvalue weighted by Crippen LogP contribution is 2.24. The standard InChI is InChI=1S/C14H25N3/c1-5-11(2)10-14(16-15)12-6-8-13(9-7-12)17(3)4/h6-9,11,14,16H,5,10,15H2,1-4H3. The van der Waals surface area contributed by atoms with Crippen LogP contribution >= 0.6 is 0 Å². The molecule has 0 amide bonds. The number of hydrazine groups is 1. The highest BCUT2D eigenvalue weighted by atomic mass is 15.2. The van der Waals surface area contributed by atoms with E-state index in [-0.39, 0.29) is 6.04 Å². The van der Waals surface area contributed by atoms with Crippen LogP contribution in [-0.4, -0.2) is 14.1 Å². The summed E-state index contributed by atoms with van der Waals surface area (Å²) in [4.78, 5) is 2.10. The van der Waals surface area contributed by atoms with Crippen molar-refractivity contribution in [2.45, 2.75) is 32.7 Å². The molecule has 0 bridgehead atoms. The van der Waals surface area contributed by atoms with E-state index in [2.05, 4.69) is 48.4 Å². The van der Waals surface area contributed by atoms with E-state index in [0.29, 0.717) is 5.92 Å². The monoisotopic (exact) mass is 235 g/mol. The molecule has 1 aromatic carbocycles. The van der Waals surface area contributed by atoms with Crippen LogP contribution in [0.15, 0.2) is 24.3 Å².